The molecule has 0 atom stereocenters. The first-order chi connectivity index (χ1) is 5.77. The highest BCUT2D eigenvalue weighted by Crippen LogP contribution is 1.93. The average molecular weight is 176 g/mol. The minimum atomic E-state index is -1.24. The molecule has 0 bridgehead atoms. The van der Waals surface area contributed by atoms with E-state index in [1.807, 2.05) is 0 Å². The van der Waals surface area contributed by atoms with Crippen LogP contribution in [-0.2, 0) is 9.47 Å². The third-order valence-electron chi connectivity index (χ3n) is 1.35. The van der Waals surface area contributed by atoms with E-state index in [4.69, 9.17) is 9.84 Å². The van der Waals surface area contributed by atoms with E-state index in [0.29, 0.717) is 13.2 Å². The molecule has 4 nitrogen and oxygen atoms in total. The standard InChI is InChI=1S/C8H16O4/c1-2-3-4-5-11-6-7-12-8(9)10/h2-7H2,1H3,(H,9,10). The zero-order valence-electron chi connectivity index (χ0n) is 7.41. The molecule has 0 fully saturated rings. The first-order valence-electron chi connectivity index (χ1n) is 4.20. The molecule has 0 amide bonds. The van der Waals surface area contributed by atoms with Crippen molar-refractivity contribution in [1.29, 1.82) is 0 Å². The molecule has 0 aromatic heterocycles. The summed E-state index contributed by atoms with van der Waals surface area (Å²) in [7, 11) is 0. The first kappa shape index (κ1) is 11.2. The molecule has 72 valence electrons. The highest BCUT2D eigenvalue weighted by atomic mass is 16.7. The fourth-order valence-electron chi connectivity index (χ4n) is 0.744. The summed E-state index contributed by atoms with van der Waals surface area (Å²) in [6.07, 6.45) is 2.10. The van der Waals surface area contributed by atoms with Gasteiger partial charge in [0.05, 0.1) is 6.61 Å². The molecule has 0 aliphatic heterocycles. The number of carboxylic acid groups (broad SMARTS) is 1. The van der Waals surface area contributed by atoms with Crippen molar-refractivity contribution in [2.45, 2.75) is 26.2 Å². The van der Waals surface area contributed by atoms with Crippen LogP contribution in [0.3, 0.4) is 0 Å². The lowest BCUT2D eigenvalue weighted by Crippen LogP contribution is -2.08. The molecule has 1 N–H and O–H groups in total. The second-order valence-electron chi connectivity index (χ2n) is 2.43. The van der Waals surface area contributed by atoms with Crippen molar-refractivity contribution in [3.63, 3.8) is 0 Å². The molecule has 0 unspecified atom stereocenters. The molecule has 0 aromatic rings. The monoisotopic (exact) mass is 176 g/mol. The van der Waals surface area contributed by atoms with Gasteiger partial charge in [-0.3, -0.25) is 0 Å². The van der Waals surface area contributed by atoms with Gasteiger partial charge in [-0.15, -0.1) is 0 Å². The van der Waals surface area contributed by atoms with Gasteiger partial charge in [-0.05, 0) is 6.42 Å². The molecule has 12 heavy (non-hydrogen) atoms. The number of rotatable bonds is 7. The predicted molar refractivity (Wildman–Crippen MR) is 44.3 cm³/mol. The summed E-state index contributed by atoms with van der Waals surface area (Å²) in [6.45, 7) is 3.29. The van der Waals surface area contributed by atoms with Crippen LogP contribution in [0.4, 0.5) is 4.79 Å². The molecule has 0 aliphatic carbocycles. The average Bonchev–Trinajstić information content (AvgIpc) is 2.02. The summed E-state index contributed by atoms with van der Waals surface area (Å²) < 4.78 is 9.34. The smallest absolute Gasteiger partial charge is 0.450 e. The number of carbonyl (C=O) groups is 1. The Balaban J connectivity index is 2.86. The van der Waals surface area contributed by atoms with Gasteiger partial charge in [0.25, 0.3) is 0 Å². The third-order valence-corrected chi connectivity index (χ3v) is 1.35. The summed E-state index contributed by atoms with van der Waals surface area (Å²) in [5.74, 6) is 0. The normalized spacial score (nSPS) is 9.75. The first-order valence-corrected chi connectivity index (χ1v) is 4.20. The van der Waals surface area contributed by atoms with Crippen LogP contribution in [0.2, 0.25) is 0 Å². The van der Waals surface area contributed by atoms with Crippen LogP contribution in [0.25, 0.3) is 0 Å². The topological polar surface area (TPSA) is 55.8 Å². The molecule has 0 heterocycles. The van der Waals surface area contributed by atoms with E-state index < -0.39 is 6.16 Å². The Kier molecular flexibility index (Phi) is 7.79. The highest BCUT2D eigenvalue weighted by molar-refractivity contribution is 5.56. The van der Waals surface area contributed by atoms with Crippen molar-refractivity contribution >= 4 is 6.16 Å². The predicted octanol–water partition coefficient (Wildman–Crippen LogP) is 1.89. The van der Waals surface area contributed by atoms with E-state index in [1.54, 1.807) is 0 Å². The van der Waals surface area contributed by atoms with Crippen LogP contribution in [-0.4, -0.2) is 31.1 Å². The van der Waals surface area contributed by atoms with E-state index in [1.165, 1.54) is 0 Å². The quantitative estimate of drug-likeness (QED) is 0.475. The Morgan fingerprint density at radius 3 is 2.58 bits per heavy atom. The Morgan fingerprint density at radius 1 is 1.25 bits per heavy atom. The molecule has 4 heteroatoms. The molecule has 0 radical (unpaired) electrons. The van der Waals surface area contributed by atoms with Crippen molar-refractivity contribution in [3.8, 4) is 0 Å². The summed E-state index contributed by atoms with van der Waals surface area (Å²) in [4.78, 5) is 9.86. The molecule has 0 rings (SSSR count). The maximum atomic E-state index is 9.86. The van der Waals surface area contributed by atoms with Crippen LogP contribution in [0, 0.1) is 0 Å². The van der Waals surface area contributed by atoms with Gasteiger partial charge in [0.1, 0.15) is 6.61 Å². The number of hydrogen-bond acceptors (Lipinski definition) is 3. The van der Waals surface area contributed by atoms with Crippen molar-refractivity contribution in [2.24, 2.45) is 0 Å². The molecule has 0 aliphatic rings. The van der Waals surface area contributed by atoms with Gasteiger partial charge in [-0.25, -0.2) is 4.79 Å². The Bertz CT molecular complexity index is 114. The zero-order valence-corrected chi connectivity index (χ0v) is 7.41. The fourth-order valence-corrected chi connectivity index (χ4v) is 0.744. The Morgan fingerprint density at radius 2 is 2.00 bits per heavy atom. The largest absolute Gasteiger partial charge is 0.505 e. The Hall–Kier alpha value is -0.770. The lowest BCUT2D eigenvalue weighted by molar-refractivity contribution is 0.0468. The van der Waals surface area contributed by atoms with E-state index in [9.17, 15) is 4.79 Å². The zero-order chi connectivity index (χ0) is 9.23. The van der Waals surface area contributed by atoms with Crippen molar-refractivity contribution in [2.75, 3.05) is 19.8 Å². The van der Waals surface area contributed by atoms with Crippen molar-refractivity contribution in [1.82, 2.24) is 0 Å². The summed E-state index contributed by atoms with van der Waals surface area (Å²) in [5, 5.41) is 8.08. The van der Waals surface area contributed by atoms with Gasteiger partial charge in [-0.1, -0.05) is 19.8 Å². The lowest BCUT2D eigenvalue weighted by atomic mass is 10.3. The number of unbranched alkanes of at least 4 members (excludes halogenated alkanes) is 2. The summed E-state index contributed by atoms with van der Waals surface area (Å²) in [5.41, 5.74) is 0. The van der Waals surface area contributed by atoms with Crippen LogP contribution in [0.15, 0.2) is 0 Å². The maximum Gasteiger partial charge on any atom is 0.505 e. The molecular formula is C8H16O4. The van der Waals surface area contributed by atoms with Gasteiger partial charge < -0.3 is 14.6 Å². The van der Waals surface area contributed by atoms with Gasteiger partial charge in [-0.2, -0.15) is 0 Å². The summed E-state index contributed by atoms with van der Waals surface area (Å²) in [6, 6.07) is 0. The van der Waals surface area contributed by atoms with E-state index in [0.717, 1.165) is 19.3 Å². The molecular weight excluding hydrogens is 160 g/mol. The SMILES string of the molecule is CCCCCOCCOC(=O)O. The second-order valence-corrected chi connectivity index (χ2v) is 2.43. The minimum absolute atomic E-state index is 0.126. The second kappa shape index (κ2) is 8.33. The van der Waals surface area contributed by atoms with Gasteiger partial charge in [0.2, 0.25) is 0 Å². The van der Waals surface area contributed by atoms with E-state index in [-0.39, 0.29) is 6.61 Å². The molecule has 0 aromatic carbocycles. The van der Waals surface area contributed by atoms with Crippen LogP contribution < -0.4 is 0 Å². The van der Waals surface area contributed by atoms with E-state index in [2.05, 4.69) is 11.7 Å². The lowest BCUT2D eigenvalue weighted by Gasteiger charge is -2.02. The molecule has 0 saturated carbocycles. The maximum absolute atomic E-state index is 9.86. The van der Waals surface area contributed by atoms with Crippen LogP contribution in [0.1, 0.15) is 26.2 Å². The fraction of sp³-hybridized carbons (Fsp3) is 0.875. The van der Waals surface area contributed by atoms with Gasteiger partial charge in [0.15, 0.2) is 0 Å². The van der Waals surface area contributed by atoms with Crippen LogP contribution >= 0.6 is 0 Å². The van der Waals surface area contributed by atoms with Crippen LogP contribution in [0.5, 0.6) is 0 Å². The number of ether oxygens (including phenoxy) is 2. The van der Waals surface area contributed by atoms with Gasteiger partial charge >= 0.3 is 6.16 Å². The van der Waals surface area contributed by atoms with Crippen molar-refractivity contribution in [3.05, 3.63) is 0 Å². The number of hydrogen-bond donors (Lipinski definition) is 1. The Labute approximate surface area is 72.5 Å². The van der Waals surface area contributed by atoms with Crippen molar-refractivity contribution < 1.29 is 19.4 Å². The molecule has 0 saturated heterocycles. The third kappa shape index (κ3) is 9.23. The summed E-state index contributed by atoms with van der Waals surface area (Å²) >= 11 is 0. The molecule has 0 spiro atoms. The highest BCUT2D eigenvalue weighted by Gasteiger charge is 1.94. The van der Waals surface area contributed by atoms with Gasteiger partial charge in [0, 0.05) is 6.61 Å². The van der Waals surface area contributed by atoms with E-state index >= 15 is 0 Å². The minimum Gasteiger partial charge on any atom is -0.450 e.